The number of methoxy groups -OCH3 is 1. The Morgan fingerprint density at radius 3 is 1.83 bits per heavy atom. The molecule has 0 saturated heterocycles. The molecule has 8 heteroatoms. The number of aldehydes is 1. The first-order chi connectivity index (χ1) is 10.7. The molecule has 0 aliphatic carbocycles. The lowest BCUT2D eigenvalue weighted by molar-refractivity contribution is -0.152. The SMILES string of the molecule is CC(C)(C)CC=O.COCOP(C)(=O)OCOC(=O)CC(C)(C)C. The van der Waals surface area contributed by atoms with E-state index in [9.17, 15) is 14.2 Å². The molecule has 1 unspecified atom stereocenters. The summed E-state index contributed by atoms with van der Waals surface area (Å²) in [4.78, 5) is 21.1. The van der Waals surface area contributed by atoms with Crippen molar-refractivity contribution in [2.24, 2.45) is 10.8 Å². The number of carbonyl (C=O) groups is 2. The highest BCUT2D eigenvalue weighted by Gasteiger charge is 2.20. The molecule has 24 heavy (non-hydrogen) atoms. The topological polar surface area (TPSA) is 88.1 Å². The van der Waals surface area contributed by atoms with Crippen LogP contribution in [0.2, 0.25) is 0 Å². The monoisotopic (exact) mass is 368 g/mol. The Morgan fingerprint density at radius 1 is 1.00 bits per heavy atom. The van der Waals surface area contributed by atoms with E-state index in [-0.39, 0.29) is 30.8 Å². The van der Waals surface area contributed by atoms with Crippen LogP contribution in [0.3, 0.4) is 0 Å². The van der Waals surface area contributed by atoms with Gasteiger partial charge in [0.05, 0.1) is 6.42 Å². The van der Waals surface area contributed by atoms with Gasteiger partial charge in [0.25, 0.3) is 0 Å². The first-order valence-electron chi connectivity index (χ1n) is 7.67. The fraction of sp³-hybridized carbons (Fsp3) is 0.875. The van der Waals surface area contributed by atoms with Crippen LogP contribution >= 0.6 is 7.60 Å². The van der Waals surface area contributed by atoms with Crippen molar-refractivity contribution in [3.63, 3.8) is 0 Å². The molecule has 0 rings (SSSR count). The van der Waals surface area contributed by atoms with Crippen molar-refractivity contribution in [1.82, 2.24) is 0 Å². The number of rotatable bonds is 8. The summed E-state index contributed by atoms with van der Waals surface area (Å²) >= 11 is 0. The zero-order chi connectivity index (χ0) is 19.4. The van der Waals surface area contributed by atoms with Gasteiger partial charge in [-0.15, -0.1) is 0 Å². The highest BCUT2D eigenvalue weighted by molar-refractivity contribution is 7.52. The second-order valence-electron chi connectivity index (χ2n) is 7.74. The molecule has 0 aromatic rings. The molecule has 0 aromatic heterocycles. The van der Waals surface area contributed by atoms with Gasteiger partial charge in [0, 0.05) is 20.2 Å². The molecule has 0 aliphatic rings. The van der Waals surface area contributed by atoms with Crippen molar-refractivity contribution in [2.45, 2.75) is 54.4 Å². The maximum absolute atomic E-state index is 11.5. The molecule has 0 saturated carbocycles. The lowest BCUT2D eigenvalue weighted by atomic mass is 9.93. The summed E-state index contributed by atoms with van der Waals surface area (Å²) < 4.78 is 30.5. The van der Waals surface area contributed by atoms with E-state index < -0.39 is 13.6 Å². The quantitative estimate of drug-likeness (QED) is 0.277. The summed E-state index contributed by atoms with van der Waals surface area (Å²) in [6.45, 7) is 12.6. The van der Waals surface area contributed by atoms with Crippen LogP contribution in [-0.2, 0) is 32.7 Å². The first-order valence-corrected chi connectivity index (χ1v) is 9.66. The molecule has 0 spiro atoms. The standard InChI is InChI=1S/C10H21O6P.C6H12O/c1-10(2,3)6-9(11)14-8-16-17(5,12)15-7-13-4;1-6(2,3)4-5-7/h6-8H2,1-5H3;5H,4H2,1-3H3. The number of hydrogen-bond donors (Lipinski definition) is 0. The Kier molecular flexibility index (Phi) is 12.5. The van der Waals surface area contributed by atoms with E-state index in [1.165, 1.54) is 13.8 Å². The van der Waals surface area contributed by atoms with Crippen LogP contribution in [0.25, 0.3) is 0 Å². The van der Waals surface area contributed by atoms with Crippen LogP contribution in [0.15, 0.2) is 0 Å². The fourth-order valence-electron chi connectivity index (χ4n) is 1.11. The van der Waals surface area contributed by atoms with Crippen molar-refractivity contribution < 1.29 is 32.7 Å². The molecule has 7 nitrogen and oxygen atoms in total. The Bertz CT molecular complexity index is 408. The van der Waals surface area contributed by atoms with Crippen LogP contribution in [-0.4, -0.2) is 39.6 Å². The van der Waals surface area contributed by atoms with E-state index in [0.717, 1.165) is 6.29 Å². The molecule has 0 amide bonds. The van der Waals surface area contributed by atoms with Gasteiger partial charge < -0.3 is 14.3 Å². The fourth-order valence-corrected chi connectivity index (χ4v) is 1.72. The van der Waals surface area contributed by atoms with Crippen LogP contribution in [0.1, 0.15) is 54.4 Å². The average molecular weight is 368 g/mol. The van der Waals surface area contributed by atoms with Gasteiger partial charge in [-0.05, 0) is 10.8 Å². The molecule has 0 N–H and O–H groups in total. The van der Waals surface area contributed by atoms with E-state index in [1.54, 1.807) is 0 Å². The first kappa shape index (κ1) is 25.5. The molecular formula is C16H33O7P. The third kappa shape index (κ3) is 21.2. The predicted molar refractivity (Wildman–Crippen MR) is 92.7 cm³/mol. The van der Waals surface area contributed by atoms with Crippen molar-refractivity contribution in [3.8, 4) is 0 Å². The molecule has 0 aliphatic heterocycles. The van der Waals surface area contributed by atoms with Gasteiger partial charge >= 0.3 is 13.6 Å². The van der Waals surface area contributed by atoms with E-state index in [0.29, 0.717) is 6.42 Å². The number of ether oxygens (including phenoxy) is 2. The van der Waals surface area contributed by atoms with Gasteiger partial charge in [0.1, 0.15) is 6.29 Å². The molecule has 0 heterocycles. The van der Waals surface area contributed by atoms with Crippen molar-refractivity contribution in [1.29, 1.82) is 0 Å². The highest BCUT2D eigenvalue weighted by Crippen LogP contribution is 2.43. The van der Waals surface area contributed by atoms with Gasteiger partial charge in [-0.3, -0.25) is 18.4 Å². The van der Waals surface area contributed by atoms with E-state index in [2.05, 4.69) is 4.74 Å². The van der Waals surface area contributed by atoms with Gasteiger partial charge in [0.15, 0.2) is 6.79 Å². The minimum atomic E-state index is -3.22. The Labute approximate surface area is 145 Å². The summed E-state index contributed by atoms with van der Waals surface area (Å²) in [5, 5.41) is 0. The number of carbonyl (C=O) groups excluding carboxylic acids is 2. The second-order valence-corrected chi connectivity index (χ2v) is 9.80. The predicted octanol–water partition coefficient (Wildman–Crippen LogP) is 4.00. The largest absolute Gasteiger partial charge is 0.438 e. The van der Waals surface area contributed by atoms with Gasteiger partial charge in [0.2, 0.25) is 6.79 Å². The molecule has 0 bridgehead atoms. The van der Waals surface area contributed by atoms with Gasteiger partial charge in [-0.1, -0.05) is 41.5 Å². The number of hydrogen-bond acceptors (Lipinski definition) is 7. The van der Waals surface area contributed by atoms with Gasteiger partial charge in [-0.2, -0.15) is 0 Å². The third-order valence-corrected chi connectivity index (χ3v) is 3.43. The maximum atomic E-state index is 11.5. The van der Waals surface area contributed by atoms with E-state index in [1.807, 2.05) is 41.5 Å². The summed E-state index contributed by atoms with van der Waals surface area (Å²) in [5.41, 5.74) is 0.0291. The summed E-state index contributed by atoms with van der Waals surface area (Å²) in [6.07, 6.45) is 1.89. The summed E-state index contributed by atoms with van der Waals surface area (Å²) in [5.74, 6) is -0.399. The highest BCUT2D eigenvalue weighted by atomic mass is 31.2. The summed E-state index contributed by atoms with van der Waals surface area (Å²) in [6, 6.07) is 0. The van der Waals surface area contributed by atoms with E-state index in [4.69, 9.17) is 13.8 Å². The Hall–Kier alpha value is -0.750. The smallest absolute Gasteiger partial charge is 0.332 e. The van der Waals surface area contributed by atoms with Crippen LogP contribution in [0.5, 0.6) is 0 Å². The molecule has 144 valence electrons. The second kappa shape index (κ2) is 11.7. The molecule has 0 aromatic carbocycles. The van der Waals surface area contributed by atoms with Crippen molar-refractivity contribution >= 4 is 19.9 Å². The number of esters is 1. The third-order valence-electron chi connectivity index (χ3n) is 2.28. The van der Waals surface area contributed by atoms with Crippen LogP contribution in [0, 0.1) is 10.8 Å². The normalized spacial score (nSPS) is 14.2. The lowest BCUT2D eigenvalue weighted by Crippen LogP contribution is -2.16. The van der Waals surface area contributed by atoms with Crippen molar-refractivity contribution in [3.05, 3.63) is 0 Å². The zero-order valence-electron chi connectivity index (χ0n) is 16.2. The Balaban J connectivity index is 0. The van der Waals surface area contributed by atoms with Crippen LogP contribution in [0.4, 0.5) is 0 Å². The Morgan fingerprint density at radius 2 is 1.50 bits per heavy atom. The maximum Gasteiger partial charge on any atom is 0.332 e. The minimum Gasteiger partial charge on any atom is -0.438 e. The van der Waals surface area contributed by atoms with Crippen LogP contribution < -0.4 is 0 Å². The molecule has 0 radical (unpaired) electrons. The van der Waals surface area contributed by atoms with E-state index >= 15 is 0 Å². The summed E-state index contributed by atoms with van der Waals surface area (Å²) in [7, 11) is -1.81. The average Bonchev–Trinajstić information content (AvgIpc) is 2.33. The lowest BCUT2D eigenvalue weighted by Gasteiger charge is -2.17. The zero-order valence-corrected chi connectivity index (χ0v) is 17.1. The molecule has 0 fully saturated rings. The minimum absolute atomic E-state index is 0.135. The van der Waals surface area contributed by atoms with Gasteiger partial charge in [-0.25, -0.2) is 0 Å². The molecular weight excluding hydrogens is 335 g/mol. The molecule has 1 atom stereocenters. The van der Waals surface area contributed by atoms with Crippen molar-refractivity contribution in [2.75, 3.05) is 27.4 Å².